The molecule has 2 aromatic heterocycles. The Labute approximate surface area is 95.2 Å². The Hall–Kier alpha value is -1.82. The second kappa shape index (κ2) is 4.36. The molecule has 1 N–H and O–H groups in total. The summed E-state index contributed by atoms with van der Waals surface area (Å²) in [4.78, 5) is 19.2. The zero-order chi connectivity index (χ0) is 11.5. The van der Waals surface area contributed by atoms with E-state index in [1.54, 1.807) is 12.3 Å². The van der Waals surface area contributed by atoms with Crippen LogP contribution in [0.25, 0.3) is 0 Å². The van der Waals surface area contributed by atoms with Gasteiger partial charge in [-0.05, 0) is 19.1 Å². The van der Waals surface area contributed by atoms with Crippen molar-refractivity contribution in [2.24, 2.45) is 0 Å². The number of aromatic nitrogens is 2. The van der Waals surface area contributed by atoms with Gasteiger partial charge < -0.3 is 5.32 Å². The van der Waals surface area contributed by atoms with Crippen molar-refractivity contribution < 1.29 is 9.18 Å². The van der Waals surface area contributed by atoms with Crippen LogP contribution in [0.4, 0.5) is 10.2 Å². The topological polar surface area (TPSA) is 54.9 Å². The van der Waals surface area contributed by atoms with E-state index in [2.05, 4.69) is 15.3 Å². The number of thiazole rings is 1. The van der Waals surface area contributed by atoms with Crippen LogP contribution in [0.3, 0.4) is 0 Å². The van der Waals surface area contributed by atoms with Gasteiger partial charge in [0.05, 0.1) is 0 Å². The van der Waals surface area contributed by atoms with E-state index in [1.807, 2.05) is 0 Å². The number of nitrogens with zero attached hydrogens (tertiary/aromatic N) is 2. The number of carbonyl (C=O) groups excluding carboxylic acids is 1. The molecule has 0 atom stereocenters. The number of rotatable bonds is 2. The number of anilines is 1. The molecule has 0 saturated heterocycles. The highest BCUT2D eigenvalue weighted by Crippen LogP contribution is 2.11. The molecule has 1 amide bonds. The van der Waals surface area contributed by atoms with Gasteiger partial charge in [-0.25, -0.2) is 9.97 Å². The monoisotopic (exact) mass is 237 g/mol. The molecule has 4 nitrogen and oxygen atoms in total. The van der Waals surface area contributed by atoms with Gasteiger partial charge in [-0.15, -0.1) is 11.3 Å². The molecule has 0 aliphatic heterocycles. The van der Waals surface area contributed by atoms with Gasteiger partial charge in [-0.1, -0.05) is 6.07 Å². The number of halogens is 1. The maximum absolute atomic E-state index is 12.7. The maximum Gasteiger partial charge on any atom is 0.285 e. The minimum absolute atomic E-state index is 0.179. The van der Waals surface area contributed by atoms with Gasteiger partial charge in [0.25, 0.3) is 5.91 Å². The first-order valence-electron chi connectivity index (χ1n) is 4.51. The molecule has 16 heavy (non-hydrogen) atoms. The normalized spacial score (nSPS) is 10.1. The summed E-state index contributed by atoms with van der Waals surface area (Å²) in [5, 5.41) is 4.58. The molecular weight excluding hydrogens is 229 g/mol. The van der Waals surface area contributed by atoms with Crippen LogP contribution in [-0.4, -0.2) is 15.9 Å². The fraction of sp³-hybridized carbons (Fsp3) is 0.100. The molecule has 0 spiro atoms. The van der Waals surface area contributed by atoms with E-state index in [1.165, 1.54) is 29.5 Å². The highest BCUT2D eigenvalue weighted by atomic mass is 32.1. The average molecular weight is 237 g/mol. The van der Waals surface area contributed by atoms with Crippen molar-refractivity contribution in [2.45, 2.75) is 6.92 Å². The summed E-state index contributed by atoms with van der Waals surface area (Å²) in [5.41, 5.74) is 0.780. The van der Waals surface area contributed by atoms with E-state index in [9.17, 15) is 9.18 Å². The first-order chi connectivity index (χ1) is 7.65. The lowest BCUT2D eigenvalue weighted by Gasteiger charge is -2.00. The third kappa shape index (κ3) is 2.40. The second-order valence-corrected chi connectivity index (χ2v) is 3.95. The summed E-state index contributed by atoms with van der Waals surface area (Å²) in [5.74, 6) is -0.831. The number of aryl methyl sites for hydroxylation is 1. The summed E-state index contributed by atoms with van der Waals surface area (Å²) in [6.45, 7) is 1.80. The van der Waals surface area contributed by atoms with E-state index in [0.717, 1.165) is 5.69 Å². The van der Waals surface area contributed by atoms with Crippen LogP contribution in [0.15, 0.2) is 23.6 Å². The Morgan fingerprint density at radius 2 is 2.25 bits per heavy atom. The number of hydrogen-bond donors (Lipinski definition) is 1. The molecule has 0 aromatic carbocycles. The van der Waals surface area contributed by atoms with Crippen LogP contribution < -0.4 is 5.32 Å². The quantitative estimate of drug-likeness (QED) is 0.815. The van der Waals surface area contributed by atoms with Crippen LogP contribution in [0, 0.1) is 12.9 Å². The lowest BCUT2D eigenvalue weighted by atomic mass is 10.4. The molecule has 0 aliphatic rings. The van der Waals surface area contributed by atoms with Crippen LogP contribution in [0.1, 0.15) is 15.5 Å². The van der Waals surface area contributed by atoms with Gasteiger partial charge >= 0.3 is 0 Å². The first kappa shape index (κ1) is 10.7. The average Bonchev–Trinajstić information content (AvgIpc) is 2.65. The van der Waals surface area contributed by atoms with Gasteiger partial charge in [-0.2, -0.15) is 4.39 Å². The highest BCUT2D eigenvalue weighted by molar-refractivity contribution is 7.11. The Kier molecular flexibility index (Phi) is 2.91. The van der Waals surface area contributed by atoms with E-state index in [4.69, 9.17) is 0 Å². The Morgan fingerprint density at radius 3 is 2.88 bits per heavy atom. The van der Waals surface area contributed by atoms with Crippen molar-refractivity contribution >= 4 is 23.1 Å². The summed E-state index contributed by atoms with van der Waals surface area (Å²) >= 11 is 1.24. The van der Waals surface area contributed by atoms with Gasteiger partial charge in [0.15, 0.2) is 5.01 Å². The van der Waals surface area contributed by atoms with Crippen molar-refractivity contribution in [3.63, 3.8) is 0 Å². The zero-order valence-electron chi connectivity index (χ0n) is 8.40. The summed E-state index contributed by atoms with van der Waals surface area (Å²) in [6.07, 6.45) is 0. The predicted molar refractivity (Wildman–Crippen MR) is 59.0 cm³/mol. The molecule has 2 rings (SSSR count). The third-order valence-electron chi connectivity index (χ3n) is 1.77. The van der Waals surface area contributed by atoms with Crippen molar-refractivity contribution in [1.82, 2.24) is 9.97 Å². The van der Waals surface area contributed by atoms with E-state index in [0.29, 0.717) is 5.01 Å². The van der Waals surface area contributed by atoms with Gasteiger partial charge in [0.1, 0.15) is 5.82 Å². The number of hydrogen-bond acceptors (Lipinski definition) is 4. The Bertz CT molecular complexity index is 526. The third-order valence-corrected chi connectivity index (χ3v) is 2.73. The standard InChI is InChI=1S/C10H8FN3OS/c1-6-5-16-10(12-6)9(15)14-8-4-2-3-7(11)13-8/h2-5H,1H3,(H,13,14,15). The Morgan fingerprint density at radius 1 is 1.44 bits per heavy atom. The molecule has 2 aromatic rings. The number of nitrogens with one attached hydrogen (secondary N) is 1. The van der Waals surface area contributed by atoms with Crippen molar-refractivity contribution in [1.29, 1.82) is 0 Å². The molecule has 0 aliphatic carbocycles. The minimum Gasteiger partial charge on any atom is -0.304 e. The van der Waals surface area contributed by atoms with Crippen LogP contribution in [0.2, 0.25) is 0 Å². The van der Waals surface area contributed by atoms with Crippen LogP contribution in [-0.2, 0) is 0 Å². The van der Waals surface area contributed by atoms with Crippen LogP contribution >= 0.6 is 11.3 Å². The lowest BCUT2D eigenvalue weighted by molar-refractivity contribution is 0.102. The highest BCUT2D eigenvalue weighted by Gasteiger charge is 2.10. The molecule has 0 bridgehead atoms. The first-order valence-corrected chi connectivity index (χ1v) is 5.39. The molecule has 0 radical (unpaired) electrons. The minimum atomic E-state index is -0.631. The van der Waals surface area contributed by atoms with Gasteiger partial charge in [0, 0.05) is 11.1 Å². The maximum atomic E-state index is 12.7. The summed E-state index contributed by atoms with van der Waals surface area (Å²) in [6, 6.07) is 4.20. The van der Waals surface area contributed by atoms with Gasteiger partial charge in [0.2, 0.25) is 5.95 Å². The van der Waals surface area contributed by atoms with Gasteiger partial charge in [-0.3, -0.25) is 4.79 Å². The second-order valence-electron chi connectivity index (χ2n) is 3.09. The molecule has 0 unspecified atom stereocenters. The molecule has 0 saturated carbocycles. The summed E-state index contributed by atoms with van der Waals surface area (Å²) < 4.78 is 12.7. The Balaban J connectivity index is 2.13. The van der Waals surface area contributed by atoms with E-state index in [-0.39, 0.29) is 11.7 Å². The molecular formula is C10H8FN3OS. The van der Waals surface area contributed by atoms with Crippen molar-refractivity contribution in [2.75, 3.05) is 5.32 Å². The summed E-state index contributed by atoms with van der Waals surface area (Å²) in [7, 11) is 0. The number of amides is 1. The predicted octanol–water partition coefficient (Wildman–Crippen LogP) is 2.24. The van der Waals surface area contributed by atoms with E-state index >= 15 is 0 Å². The lowest BCUT2D eigenvalue weighted by Crippen LogP contribution is -2.12. The molecule has 0 fully saturated rings. The smallest absolute Gasteiger partial charge is 0.285 e. The van der Waals surface area contributed by atoms with Crippen molar-refractivity contribution in [3.8, 4) is 0 Å². The fourth-order valence-electron chi connectivity index (χ4n) is 1.11. The number of pyridine rings is 1. The molecule has 2 heterocycles. The zero-order valence-corrected chi connectivity index (χ0v) is 9.21. The largest absolute Gasteiger partial charge is 0.304 e. The van der Waals surface area contributed by atoms with Crippen LogP contribution in [0.5, 0.6) is 0 Å². The van der Waals surface area contributed by atoms with Crippen molar-refractivity contribution in [3.05, 3.63) is 40.2 Å². The van der Waals surface area contributed by atoms with E-state index < -0.39 is 5.95 Å². The SMILES string of the molecule is Cc1csc(C(=O)Nc2cccc(F)n2)n1. The molecule has 6 heteroatoms. The fourth-order valence-corrected chi connectivity index (χ4v) is 1.80. The number of carbonyl (C=O) groups is 1. The molecule has 82 valence electrons.